The molecular formula is C18H26ClN3O3. The molecule has 2 fully saturated rings. The summed E-state index contributed by atoms with van der Waals surface area (Å²) in [6.45, 7) is 0.524. The first-order valence-corrected chi connectivity index (χ1v) is 8.62. The van der Waals surface area contributed by atoms with Crippen LogP contribution in [0.4, 0.5) is 5.69 Å². The molecule has 6 nitrogen and oxygen atoms in total. The van der Waals surface area contributed by atoms with Crippen molar-refractivity contribution in [1.82, 2.24) is 5.32 Å². The first-order chi connectivity index (χ1) is 11.6. The van der Waals surface area contributed by atoms with Gasteiger partial charge in [-0.15, -0.1) is 12.4 Å². The Labute approximate surface area is 154 Å². The van der Waals surface area contributed by atoms with Gasteiger partial charge in [0.25, 0.3) is 5.91 Å². The molecule has 2 atom stereocenters. The van der Waals surface area contributed by atoms with Crippen LogP contribution in [0.3, 0.4) is 0 Å². The molecule has 0 aliphatic heterocycles. The smallest absolute Gasteiger partial charge is 0.253 e. The topological polar surface area (TPSA) is 93.4 Å². The van der Waals surface area contributed by atoms with Crippen LogP contribution in [0.25, 0.3) is 0 Å². The third kappa shape index (κ3) is 4.64. The summed E-state index contributed by atoms with van der Waals surface area (Å²) in [6, 6.07) is 5.40. The molecule has 0 radical (unpaired) electrons. The fourth-order valence-corrected chi connectivity index (χ4v) is 3.33. The van der Waals surface area contributed by atoms with Gasteiger partial charge in [-0.25, -0.2) is 0 Å². The van der Waals surface area contributed by atoms with Crippen molar-refractivity contribution in [3.05, 3.63) is 23.8 Å². The van der Waals surface area contributed by atoms with Crippen LogP contribution in [-0.4, -0.2) is 31.5 Å². The molecule has 0 bridgehead atoms. The summed E-state index contributed by atoms with van der Waals surface area (Å²) in [6.07, 6.45) is 4.90. The lowest BCUT2D eigenvalue weighted by Gasteiger charge is -2.19. The molecule has 1 aromatic carbocycles. The van der Waals surface area contributed by atoms with Crippen molar-refractivity contribution in [1.29, 1.82) is 0 Å². The number of hydrogen-bond acceptors (Lipinski definition) is 4. The van der Waals surface area contributed by atoms with E-state index in [1.54, 1.807) is 25.3 Å². The number of hydrogen-bond donors (Lipinski definition) is 3. The quantitative estimate of drug-likeness (QED) is 0.719. The Bertz CT molecular complexity index is 634. The van der Waals surface area contributed by atoms with Gasteiger partial charge in [0.15, 0.2) is 0 Å². The van der Waals surface area contributed by atoms with E-state index in [1.807, 2.05) is 0 Å². The number of carbonyl (C=O) groups excluding carboxylic acids is 2. The number of halogens is 1. The third-order valence-corrected chi connectivity index (χ3v) is 4.94. The zero-order valence-corrected chi connectivity index (χ0v) is 15.2. The van der Waals surface area contributed by atoms with Crippen LogP contribution in [0, 0.1) is 11.8 Å². The first-order valence-electron chi connectivity index (χ1n) is 8.62. The predicted octanol–water partition coefficient (Wildman–Crippen LogP) is 2.32. The second kappa shape index (κ2) is 8.54. The van der Waals surface area contributed by atoms with Crippen LogP contribution < -0.4 is 21.1 Å². The van der Waals surface area contributed by atoms with Crippen LogP contribution in [0.5, 0.6) is 5.75 Å². The van der Waals surface area contributed by atoms with Crippen molar-refractivity contribution < 1.29 is 14.3 Å². The minimum absolute atomic E-state index is 0. The SMILES string of the molecule is COc1ccc(NC(=O)[C@@H]2CCC[C@@H]2CN)c(C(=O)NC2CC2)c1.Cl. The van der Waals surface area contributed by atoms with Crippen LogP contribution in [0.2, 0.25) is 0 Å². The Balaban J connectivity index is 0.00000225. The largest absolute Gasteiger partial charge is 0.497 e. The molecule has 0 saturated heterocycles. The van der Waals surface area contributed by atoms with Gasteiger partial charge in [-0.3, -0.25) is 9.59 Å². The Morgan fingerprint density at radius 1 is 1.24 bits per heavy atom. The first kappa shape index (κ1) is 19.5. The van der Waals surface area contributed by atoms with E-state index in [1.165, 1.54) is 0 Å². The Hall–Kier alpha value is -1.79. The Kier molecular flexibility index (Phi) is 6.67. The van der Waals surface area contributed by atoms with E-state index in [2.05, 4.69) is 10.6 Å². The summed E-state index contributed by atoms with van der Waals surface area (Å²) in [4.78, 5) is 25.1. The molecule has 0 unspecified atom stereocenters. The molecule has 1 aromatic rings. The number of rotatable bonds is 6. The molecule has 2 aliphatic rings. The maximum atomic E-state index is 12.6. The zero-order valence-electron chi connectivity index (χ0n) is 14.4. The summed E-state index contributed by atoms with van der Waals surface area (Å²) in [5.41, 5.74) is 6.74. The highest BCUT2D eigenvalue weighted by Gasteiger charge is 2.32. The summed E-state index contributed by atoms with van der Waals surface area (Å²) in [5.74, 6) is 0.528. The van der Waals surface area contributed by atoms with Gasteiger partial charge >= 0.3 is 0 Å². The molecule has 7 heteroatoms. The highest BCUT2D eigenvalue weighted by molar-refractivity contribution is 6.04. The van der Waals surface area contributed by atoms with Crippen LogP contribution in [0.15, 0.2) is 18.2 Å². The number of carbonyl (C=O) groups is 2. The maximum Gasteiger partial charge on any atom is 0.253 e. The van der Waals surface area contributed by atoms with Gasteiger partial charge in [0.05, 0.1) is 18.4 Å². The van der Waals surface area contributed by atoms with Gasteiger partial charge in [-0.1, -0.05) is 6.42 Å². The zero-order chi connectivity index (χ0) is 17.1. The van der Waals surface area contributed by atoms with E-state index in [0.717, 1.165) is 32.1 Å². The van der Waals surface area contributed by atoms with Gasteiger partial charge in [0, 0.05) is 12.0 Å². The van der Waals surface area contributed by atoms with Crippen LogP contribution in [0.1, 0.15) is 42.5 Å². The van der Waals surface area contributed by atoms with Gasteiger partial charge < -0.3 is 21.1 Å². The molecule has 3 rings (SSSR count). The summed E-state index contributed by atoms with van der Waals surface area (Å²) >= 11 is 0. The average Bonchev–Trinajstić information content (AvgIpc) is 3.27. The minimum atomic E-state index is -0.173. The van der Waals surface area contributed by atoms with E-state index in [-0.39, 0.29) is 42.1 Å². The number of ether oxygens (including phenoxy) is 1. The van der Waals surface area contributed by atoms with Crippen molar-refractivity contribution >= 4 is 29.9 Å². The number of methoxy groups -OCH3 is 1. The molecule has 0 aromatic heterocycles. The lowest BCUT2D eigenvalue weighted by Crippen LogP contribution is -2.31. The maximum absolute atomic E-state index is 12.6. The lowest BCUT2D eigenvalue weighted by atomic mass is 9.95. The fourth-order valence-electron chi connectivity index (χ4n) is 3.33. The number of amides is 2. The average molecular weight is 368 g/mol. The molecule has 0 spiro atoms. The molecule has 4 N–H and O–H groups in total. The molecule has 2 saturated carbocycles. The van der Waals surface area contributed by atoms with Crippen LogP contribution >= 0.6 is 12.4 Å². The Morgan fingerprint density at radius 2 is 2.00 bits per heavy atom. The van der Waals surface area contributed by atoms with E-state index < -0.39 is 0 Å². The summed E-state index contributed by atoms with van der Waals surface area (Å²) in [7, 11) is 1.56. The molecule has 2 aliphatic carbocycles. The van der Waals surface area contributed by atoms with E-state index in [4.69, 9.17) is 10.5 Å². The molecule has 25 heavy (non-hydrogen) atoms. The van der Waals surface area contributed by atoms with Gasteiger partial charge in [0.1, 0.15) is 5.75 Å². The number of benzene rings is 1. The molecular weight excluding hydrogens is 342 g/mol. The van der Waals surface area contributed by atoms with Crippen molar-refractivity contribution in [2.75, 3.05) is 19.0 Å². The minimum Gasteiger partial charge on any atom is -0.497 e. The second-order valence-corrected chi connectivity index (χ2v) is 6.68. The molecule has 0 heterocycles. The van der Waals surface area contributed by atoms with Crippen molar-refractivity contribution in [2.45, 2.75) is 38.1 Å². The number of anilines is 1. The van der Waals surface area contributed by atoms with E-state index >= 15 is 0 Å². The van der Waals surface area contributed by atoms with E-state index in [9.17, 15) is 9.59 Å². The number of nitrogens with one attached hydrogen (secondary N) is 2. The normalized spacial score (nSPS) is 22.0. The number of nitrogens with two attached hydrogens (primary N) is 1. The van der Waals surface area contributed by atoms with Crippen molar-refractivity contribution in [2.24, 2.45) is 17.6 Å². The van der Waals surface area contributed by atoms with Gasteiger partial charge in [-0.2, -0.15) is 0 Å². The second-order valence-electron chi connectivity index (χ2n) is 6.68. The Morgan fingerprint density at radius 3 is 2.64 bits per heavy atom. The van der Waals surface area contributed by atoms with Gasteiger partial charge in [0.2, 0.25) is 5.91 Å². The lowest BCUT2D eigenvalue weighted by molar-refractivity contribution is -0.120. The predicted molar refractivity (Wildman–Crippen MR) is 99.2 cm³/mol. The summed E-state index contributed by atoms with van der Waals surface area (Å²) in [5, 5.41) is 5.89. The van der Waals surface area contributed by atoms with Crippen LogP contribution in [-0.2, 0) is 4.79 Å². The fraction of sp³-hybridized carbons (Fsp3) is 0.556. The molecule has 2 amide bonds. The highest BCUT2D eigenvalue weighted by Crippen LogP contribution is 2.33. The third-order valence-electron chi connectivity index (χ3n) is 4.94. The van der Waals surface area contributed by atoms with Crippen molar-refractivity contribution in [3.63, 3.8) is 0 Å². The van der Waals surface area contributed by atoms with E-state index in [0.29, 0.717) is 23.5 Å². The monoisotopic (exact) mass is 367 g/mol. The highest BCUT2D eigenvalue weighted by atomic mass is 35.5. The summed E-state index contributed by atoms with van der Waals surface area (Å²) < 4.78 is 5.21. The van der Waals surface area contributed by atoms with Gasteiger partial charge in [-0.05, 0) is 56.3 Å². The standard InChI is InChI=1S/C18H25N3O3.ClH/c1-24-13-7-8-16(15(9-13)18(23)20-12-5-6-12)21-17(22)14-4-2-3-11(14)10-19;/h7-9,11-12,14H,2-6,10,19H2,1H3,(H,20,23)(H,21,22);1H/t11-,14-;/m1./s1. The molecule has 138 valence electrons. The van der Waals surface area contributed by atoms with Crippen molar-refractivity contribution in [3.8, 4) is 5.75 Å².